The molecule has 13 heteroatoms. The molecule has 2 N–H and O–H groups in total. The van der Waals surface area contributed by atoms with Crippen LogP contribution in [0, 0.1) is 0 Å². The molecule has 2 aliphatic rings. The minimum atomic E-state index is -4.72. The first-order valence-electron chi connectivity index (χ1n) is 12.8. The molecule has 1 aliphatic heterocycles. The van der Waals surface area contributed by atoms with Crippen molar-refractivity contribution in [2.75, 3.05) is 18.0 Å². The molecule has 2 fully saturated rings. The predicted molar refractivity (Wildman–Crippen MR) is 142 cm³/mol. The van der Waals surface area contributed by atoms with Crippen molar-refractivity contribution < 1.29 is 26.7 Å². The Bertz CT molecular complexity index is 1460. The Morgan fingerprint density at radius 3 is 2.49 bits per heavy atom. The number of halogens is 2. The van der Waals surface area contributed by atoms with E-state index in [0.717, 1.165) is 30.0 Å². The number of alkyl halides is 2. The van der Waals surface area contributed by atoms with Crippen LogP contribution in [-0.2, 0) is 26.0 Å². The number of nitrogens with one attached hydrogen (secondary N) is 2. The van der Waals surface area contributed by atoms with Gasteiger partial charge in [0.15, 0.2) is 0 Å². The highest BCUT2D eigenvalue weighted by molar-refractivity contribution is 7.89. The number of hydrogen-bond acceptors (Lipinski definition) is 8. The summed E-state index contributed by atoms with van der Waals surface area (Å²) in [4.78, 5) is 28.7. The van der Waals surface area contributed by atoms with Crippen LogP contribution in [-0.4, -0.2) is 72.4 Å². The van der Waals surface area contributed by atoms with Crippen molar-refractivity contribution in [3.05, 3.63) is 48.3 Å². The van der Waals surface area contributed by atoms with Gasteiger partial charge in [-0.15, -0.1) is 0 Å². The van der Waals surface area contributed by atoms with Gasteiger partial charge in [-0.05, 0) is 57.0 Å². The quantitative estimate of drug-likeness (QED) is 0.431. The van der Waals surface area contributed by atoms with Crippen LogP contribution in [0.15, 0.2) is 42.6 Å². The SMILES string of the molecule is C[C@@H]1CN(c2cccc(-c3ccc4cnc(CC(=O)N[C@@H]5CC[C@@H]5NS(=O)(=O)C(F)F)cc4n3)n2)C[C@H](C)O1. The van der Waals surface area contributed by atoms with E-state index in [1.165, 1.54) is 0 Å². The van der Waals surface area contributed by atoms with Crippen molar-refractivity contribution in [3.8, 4) is 11.4 Å². The molecule has 3 aromatic heterocycles. The lowest BCUT2D eigenvalue weighted by Gasteiger charge is -2.37. The van der Waals surface area contributed by atoms with Crippen LogP contribution in [0.1, 0.15) is 32.4 Å². The molecule has 3 aromatic rings. The monoisotopic (exact) mass is 560 g/mol. The molecule has 0 unspecified atom stereocenters. The first-order valence-corrected chi connectivity index (χ1v) is 14.3. The minimum absolute atomic E-state index is 0.0617. The van der Waals surface area contributed by atoms with E-state index >= 15 is 0 Å². The molecule has 208 valence electrons. The third-order valence-electron chi connectivity index (χ3n) is 6.88. The number of nitrogens with zero attached hydrogens (tertiary/aromatic N) is 4. The molecule has 1 saturated carbocycles. The number of fused-ring (bicyclic) bond motifs is 1. The summed E-state index contributed by atoms with van der Waals surface area (Å²) in [6, 6.07) is 10.0. The van der Waals surface area contributed by atoms with E-state index in [9.17, 15) is 22.0 Å². The van der Waals surface area contributed by atoms with E-state index in [0.29, 0.717) is 29.7 Å². The molecule has 39 heavy (non-hydrogen) atoms. The third kappa shape index (κ3) is 6.31. The van der Waals surface area contributed by atoms with E-state index in [1.54, 1.807) is 12.3 Å². The summed E-state index contributed by atoms with van der Waals surface area (Å²) in [5, 5.41) is 3.51. The number of rotatable bonds is 8. The molecular formula is C26H30F2N6O4S. The van der Waals surface area contributed by atoms with Gasteiger partial charge in [-0.3, -0.25) is 9.78 Å². The summed E-state index contributed by atoms with van der Waals surface area (Å²) < 4.78 is 55.9. The van der Waals surface area contributed by atoms with E-state index in [-0.39, 0.29) is 24.5 Å². The number of morpholine rings is 1. The highest BCUT2D eigenvalue weighted by Crippen LogP contribution is 2.25. The van der Waals surface area contributed by atoms with Gasteiger partial charge >= 0.3 is 5.76 Å². The zero-order chi connectivity index (χ0) is 27.7. The van der Waals surface area contributed by atoms with Gasteiger partial charge in [0, 0.05) is 36.8 Å². The second-order valence-corrected chi connectivity index (χ2v) is 11.7. The summed E-state index contributed by atoms with van der Waals surface area (Å²) in [6.45, 7) is 5.59. The van der Waals surface area contributed by atoms with Gasteiger partial charge < -0.3 is 15.0 Å². The number of hydrogen-bond donors (Lipinski definition) is 2. The fourth-order valence-corrected chi connectivity index (χ4v) is 5.71. The summed E-state index contributed by atoms with van der Waals surface area (Å²) in [7, 11) is -4.72. The Morgan fingerprint density at radius 1 is 1.08 bits per heavy atom. The maximum absolute atomic E-state index is 12.6. The summed E-state index contributed by atoms with van der Waals surface area (Å²) in [5.74, 6) is -3.04. The molecule has 0 aromatic carbocycles. The summed E-state index contributed by atoms with van der Waals surface area (Å²) in [5.41, 5.74) is 2.53. The topological polar surface area (TPSA) is 126 Å². The van der Waals surface area contributed by atoms with Crippen LogP contribution in [0.4, 0.5) is 14.6 Å². The highest BCUT2D eigenvalue weighted by Gasteiger charge is 2.37. The first kappa shape index (κ1) is 27.3. The molecular weight excluding hydrogens is 530 g/mol. The number of carbonyl (C=O) groups is 1. The van der Waals surface area contributed by atoms with E-state index in [1.807, 2.05) is 48.9 Å². The molecule has 10 nitrogen and oxygen atoms in total. The Balaban J connectivity index is 1.27. The summed E-state index contributed by atoms with van der Waals surface area (Å²) in [6.07, 6.45) is 2.66. The third-order valence-corrected chi connectivity index (χ3v) is 7.98. The lowest BCUT2D eigenvalue weighted by atomic mass is 9.87. The molecule has 4 heterocycles. The Morgan fingerprint density at radius 2 is 1.79 bits per heavy atom. The minimum Gasteiger partial charge on any atom is -0.372 e. The van der Waals surface area contributed by atoms with E-state index in [2.05, 4.69) is 15.2 Å². The molecule has 0 bridgehead atoms. The largest absolute Gasteiger partial charge is 0.372 e. The maximum Gasteiger partial charge on any atom is 0.350 e. The van der Waals surface area contributed by atoms with Crippen LogP contribution in [0.25, 0.3) is 22.3 Å². The van der Waals surface area contributed by atoms with Crippen LogP contribution in [0.5, 0.6) is 0 Å². The number of amides is 1. The van der Waals surface area contributed by atoms with Crippen molar-refractivity contribution in [1.29, 1.82) is 0 Å². The summed E-state index contributed by atoms with van der Waals surface area (Å²) >= 11 is 0. The number of carbonyl (C=O) groups excluding carboxylic acids is 1. The molecule has 4 atom stereocenters. The van der Waals surface area contributed by atoms with Gasteiger partial charge in [-0.2, -0.15) is 8.78 Å². The van der Waals surface area contributed by atoms with Crippen LogP contribution >= 0.6 is 0 Å². The van der Waals surface area contributed by atoms with E-state index in [4.69, 9.17) is 14.7 Å². The fourth-order valence-electron chi connectivity index (χ4n) is 4.90. The lowest BCUT2D eigenvalue weighted by Crippen LogP contribution is -2.58. The molecule has 1 saturated heterocycles. The number of pyridine rings is 3. The van der Waals surface area contributed by atoms with Gasteiger partial charge in [0.1, 0.15) is 5.82 Å². The Kier molecular flexibility index (Phi) is 7.74. The van der Waals surface area contributed by atoms with Crippen LogP contribution in [0.2, 0.25) is 0 Å². The van der Waals surface area contributed by atoms with Crippen LogP contribution < -0.4 is 14.9 Å². The van der Waals surface area contributed by atoms with E-state index < -0.39 is 27.9 Å². The zero-order valence-electron chi connectivity index (χ0n) is 21.5. The number of sulfonamides is 1. The first-order chi connectivity index (χ1) is 18.6. The highest BCUT2D eigenvalue weighted by atomic mass is 32.2. The van der Waals surface area contributed by atoms with Crippen LogP contribution in [0.3, 0.4) is 0 Å². The van der Waals surface area contributed by atoms with Gasteiger partial charge in [-0.25, -0.2) is 23.1 Å². The second kappa shape index (κ2) is 11.1. The van der Waals surface area contributed by atoms with Gasteiger partial charge in [0.2, 0.25) is 5.91 Å². The number of anilines is 1. The molecule has 5 rings (SSSR count). The molecule has 1 aliphatic carbocycles. The van der Waals surface area contributed by atoms with Crippen molar-refractivity contribution in [2.24, 2.45) is 0 Å². The average Bonchev–Trinajstić information content (AvgIpc) is 2.89. The standard InChI is InChI=1S/C26H30F2N6O4S/c1-15-13-34(14-16(2)38-15)24-5-3-4-19(31-24)20-7-6-17-12-29-18(10-23(17)30-20)11-25(35)32-21-8-9-22(21)33-39(36,37)26(27)28/h3-7,10,12,15-16,21-22,26,33H,8-9,11,13-14H2,1-2H3,(H,32,35)/t15-,16+,21-,22+/m1/s1. The Labute approximate surface area is 225 Å². The number of aromatic nitrogens is 3. The average molecular weight is 561 g/mol. The number of ether oxygens (including phenoxy) is 1. The maximum atomic E-state index is 12.6. The van der Waals surface area contributed by atoms with Crippen molar-refractivity contribution in [3.63, 3.8) is 0 Å². The van der Waals surface area contributed by atoms with Gasteiger partial charge in [0.25, 0.3) is 10.0 Å². The lowest BCUT2D eigenvalue weighted by molar-refractivity contribution is -0.122. The van der Waals surface area contributed by atoms with Gasteiger partial charge in [0.05, 0.1) is 41.2 Å². The van der Waals surface area contributed by atoms with Crippen molar-refractivity contribution in [1.82, 2.24) is 25.0 Å². The predicted octanol–water partition coefficient (Wildman–Crippen LogP) is 2.64. The zero-order valence-corrected chi connectivity index (χ0v) is 22.4. The van der Waals surface area contributed by atoms with Gasteiger partial charge in [-0.1, -0.05) is 6.07 Å². The normalized spacial score (nSPS) is 23.6. The van der Waals surface area contributed by atoms with Crippen molar-refractivity contribution in [2.45, 2.75) is 63.2 Å². The van der Waals surface area contributed by atoms with Crippen molar-refractivity contribution >= 4 is 32.7 Å². The molecule has 0 spiro atoms. The smallest absolute Gasteiger partial charge is 0.350 e. The molecule has 1 amide bonds. The fraction of sp³-hybridized carbons (Fsp3) is 0.462. The molecule has 0 radical (unpaired) electrons. The second-order valence-electron chi connectivity index (χ2n) is 10.1. The Hall–Kier alpha value is -3.29.